The molecule has 2 rings (SSSR count). The zero-order valence-electron chi connectivity index (χ0n) is 9.40. The van der Waals surface area contributed by atoms with Crippen LogP contribution in [0, 0.1) is 11.3 Å². The Morgan fingerprint density at radius 3 is 2.71 bits per heavy atom. The van der Waals surface area contributed by atoms with Gasteiger partial charge in [-0.1, -0.05) is 12.1 Å². The number of hydrogen-bond acceptors (Lipinski definition) is 2. The van der Waals surface area contributed by atoms with Crippen LogP contribution < -0.4 is 0 Å². The summed E-state index contributed by atoms with van der Waals surface area (Å²) in [7, 11) is 0. The molecule has 0 bridgehead atoms. The molecule has 0 spiro atoms. The molecule has 4 heteroatoms. The molecule has 0 saturated carbocycles. The number of alkyl halides is 1. The zero-order valence-corrected chi connectivity index (χ0v) is 9.40. The Bertz CT molecular complexity index is 449. The normalized spacial score (nSPS) is 19.1. The van der Waals surface area contributed by atoms with Gasteiger partial charge in [-0.2, -0.15) is 5.26 Å². The van der Waals surface area contributed by atoms with Crippen molar-refractivity contribution in [2.24, 2.45) is 0 Å². The standard InChI is InChI=1S/C13H13FN2O/c14-12-6-8-16(9-12)13(17)11-3-1-10(2-4-11)5-7-15/h1-4,12H,5-6,8-9H2/t12-/m0/s1. The lowest BCUT2D eigenvalue weighted by molar-refractivity contribution is 0.0783. The lowest BCUT2D eigenvalue weighted by Gasteiger charge is -2.15. The van der Waals surface area contributed by atoms with Gasteiger partial charge >= 0.3 is 0 Å². The van der Waals surface area contributed by atoms with Crippen molar-refractivity contribution in [3.63, 3.8) is 0 Å². The van der Waals surface area contributed by atoms with E-state index < -0.39 is 6.17 Å². The Hall–Kier alpha value is -1.89. The van der Waals surface area contributed by atoms with Crippen molar-refractivity contribution in [2.75, 3.05) is 13.1 Å². The van der Waals surface area contributed by atoms with Gasteiger partial charge in [-0.15, -0.1) is 0 Å². The van der Waals surface area contributed by atoms with Crippen molar-refractivity contribution in [3.8, 4) is 6.07 Å². The summed E-state index contributed by atoms with van der Waals surface area (Å²) in [5.74, 6) is -0.131. The van der Waals surface area contributed by atoms with Crippen LogP contribution in [0.5, 0.6) is 0 Å². The number of amides is 1. The van der Waals surface area contributed by atoms with Crippen LogP contribution in [0.3, 0.4) is 0 Å². The van der Waals surface area contributed by atoms with Gasteiger partial charge in [0.15, 0.2) is 0 Å². The Morgan fingerprint density at radius 2 is 2.18 bits per heavy atom. The molecule has 1 aromatic rings. The smallest absolute Gasteiger partial charge is 0.253 e. The average molecular weight is 232 g/mol. The lowest BCUT2D eigenvalue weighted by Crippen LogP contribution is -2.28. The van der Waals surface area contributed by atoms with E-state index in [9.17, 15) is 9.18 Å². The lowest BCUT2D eigenvalue weighted by atomic mass is 10.1. The molecule has 1 aromatic carbocycles. The van der Waals surface area contributed by atoms with Crippen LogP contribution in [0.25, 0.3) is 0 Å². The van der Waals surface area contributed by atoms with Crippen molar-refractivity contribution in [1.29, 1.82) is 5.26 Å². The van der Waals surface area contributed by atoms with Crippen molar-refractivity contribution < 1.29 is 9.18 Å². The maximum Gasteiger partial charge on any atom is 0.253 e. The van der Waals surface area contributed by atoms with Gasteiger partial charge in [0, 0.05) is 12.1 Å². The number of likely N-dealkylation sites (tertiary alicyclic amines) is 1. The molecule has 1 saturated heterocycles. The predicted molar refractivity (Wildman–Crippen MR) is 61.2 cm³/mol. The maximum absolute atomic E-state index is 13.0. The summed E-state index contributed by atoms with van der Waals surface area (Å²) in [6, 6.07) is 8.97. The van der Waals surface area contributed by atoms with Crippen molar-refractivity contribution in [2.45, 2.75) is 19.0 Å². The fraction of sp³-hybridized carbons (Fsp3) is 0.385. The minimum atomic E-state index is -0.892. The molecule has 17 heavy (non-hydrogen) atoms. The molecule has 1 atom stereocenters. The topological polar surface area (TPSA) is 44.1 Å². The number of carbonyl (C=O) groups excluding carboxylic acids is 1. The van der Waals surface area contributed by atoms with E-state index in [1.807, 2.05) is 6.07 Å². The Kier molecular flexibility index (Phi) is 3.38. The average Bonchev–Trinajstić information content (AvgIpc) is 2.76. The molecule has 88 valence electrons. The number of nitriles is 1. The van der Waals surface area contributed by atoms with E-state index in [2.05, 4.69) is 0 Å². The number of carbonyl (C=O) groups is 1. The number of rotatable bonds is 2. The molecule has 0 unspecified atom stereocenters. The summed E-state index contributed by atoms with van der Waals surface area (Å²) in [5, 5.41) is 8.53. The highest BCUT2D eigenvalue weighted by atomic mass is 19.1. The Morgan fingerprint density at radius 1 is 1.47 bits per heavy atom. The first-order chi connectivity index (χ1) is 8.20. The summed E-state index contributed by atoms with van der Waals surface area (Å²) < 4.78 is 13.0. The predicted octanol–water partition coefficient (Wildman–Crippen LogP) is 1.94. The molecule has 0 aliphatic carbocycles. The van der Waals surface area contributed by atoms with Crippen LogP contribution in [0.15, 0.2) is 24.3 Å². The Balaban J connectivity index is 2.07. The molecule has 1 aliphatic heterocycles. The first-order valence-electron chi connectivity index (χ1n) is 5.60. The van der Waals surface area contributed by atoms with E-state index in [-0.39, 0.29) is 12.5 Å². The minimum absolute atomic E-state index is 0.131. The van der Waals surface area contributed by atoms with E-state index in [0.717, 1.165) is 5.56 Å². The van der Waals surface area contributed by atoms with Crippen LogP contribution in [-0.2, 0) is 6.42 Å². The van der Waals surface area contributed by atoms with Gasteiger partial charge in [0.2, 0.25) is 0 Å². The second-order valence-electron chi connectivity index (χ2n) is 4.17. The molecule has 1 amide bonds. The van der Waals surface area contributed by atoms with Gasteiger partial charge < -0.3 is 4.90 Å². The number of hydrogen-bond donors (Lipinski definition) is 0. The van der Waals surface area contributed by atoms with Crippen LogP contribution in [-0.4, -0.2) is 30.1 Å². The van der Waals surface area contributed by atoms with Crippen molar-refractivity contribution >= 4 is 5.91 Å². The number of benzene rings is 1. The minimum Gasteiger partial charge on any atom is -0.336 e. The molecule has 1 aliphatic rings. The van der Waals surface area contributed by atoms with E-state index in [1.54, 1.807) is 24.3 Å². The molecule has 1 fully saturated rings. The molecular weight excluding hydrogens is 219 g/mol. The third-order valence-electron chi connectivity index (χ3n) is 2.90. The molecular formula is C13H13FN2O. The third kappa shape index (κ3) is 2.62. The second kappa shape index (κ2) is 4.96. The van der Waals surface area contributed by atoms with E-state index in [0.29, 0.717) is 24.9 Å². The molecule has 0 radical (unpaired) electrons. The van der Waals surface area contributed by atoms with Crippen LogP contribution >= 0.6 is 0 Å². The molecule has 0 N–H and O–H groups in total. The third-order valence-corrected chi connectivity index (χ3v) is 2.90. The van der Waals surface area contributed by atoms with E-state index in [1.165, 1.54) is 4.90 Å². The summed E-state index contributed by atoms with van der Waals surface area (Å²) in [6.07, 6.45) is -0.125. The fourth-order valence-electron chi connectivity index (χ4n) is 1.94. The summed E-state index contributed by atoms with van der Waals surface area (Å²) in [5.41, 5.74) is 1.44. The van der Waals surface area contributed by atoms with Crippen LogP contribution in [0.4, 0.5) is 4.39 Å². The molecule has 1 heterocycles. The monoisotopic (exact) mass is 232 g/mol. The molecule has 0 aromatic heterocycles. The maximum atomic E-state index is 13.0. The van der Waals surface area contributed by atoms with Gasteiger partial charge in [0.05, 0.1) is 19.0 Å². The SMILES string of the molecule is N#CCc1ccc(C(=O)N2CC[C@H](F)C2)cc1. The van der Waals surface area contributed by atoms with Gasteiger partial charge in [0.1, 0.15) is 6.17 Å². The quantitative estimate of drug-likeness (QED) is 0.782. The first kappa shape index (κ1) is 11.6. The summed E-state index contributed by atoms with van der Waals surface area (Å²) in [6.45, 7) is 0.679. The summed E-state index contributed by atoms with van der Waals surface area (Å²) in [4.78, 5) is 13.5. The van der Waals surface area contributed by atoms with Gasteiger partial charge in [-0.25, -0.2) is 4.39 Å². The number of nitrogens with zero attached hydrogens (tertiary/aromatic N) is 2. The van der Waals surface area contributed by atoms with Gasteiger partial charge in [-0.05, 0) is 24.1 Å². The second-order valence-corrected chi connectivity index (χ2v) is 4.17. The largest absolute Gasteiger partial charge is 0.336 e. The first-order valence-corrected chi connectivity index (χ1v) is 5.60. The van der Waals surface area contributed by atoms with Crippen molar-refractivity contribution in [3.05, 3.63) is 35.4 Å². The highest BCUT2D eigenvalue weighted by Crippen LogP contribution is 2.16. The van der Waals surface area contributed by atoms with E-state index >= 15 is 0 Å². The fourth-order valence-corrected chi connectivity index (χ4v) is 1.94. The summed E-state index contributed by atoms with van der Waals surface area (Å²) >= 11 is 0. The van der Waals surface area contributed by atoms with Gasteiger partial charge in [-0.3, -0.25) is 4.79 Å². The highest BCUT2D eigenvalue weighted by Gasteiger charge is 2.26. The van der Waals surface area contributed by atoms with Crippen molar-refractivity contribution in [1.82, 2.24) is 4.90 Å². The number of halogens is 1. The van der Waals surface area contributed by atoms with Gasteiger partial charge in [0.25, 0.3) is 5.91 Å². The highest BCUT2D eigenvalue weighted by molar-refractivity contribution is 5.94. The Labute approximate surface area is 99.5 Å². The zero-order chi connectivity index (χ0) is 12.3. The molecule has 3 nitrogen and oxygen atoms in total. The van der Waals surface area contributed by atoms with Crippen LogP contribution in [0.2, 0.25) is 0 Å². The van der Waals surface area contributed by atoms with E-state index in [4.69, 9.17) is 5.26 Å². The van der Waals surface area contributed by atoms with Crippen LogP contribution in [0.1, 0.15) is 22.3 Å².